The fraction of sp³-hybridized carbons (Fsp3) is 0.455. The number of carbonyl (C=O) groups is 2. The quantitative estimate of drug-likeness (QED) is 0.317. The Labute approximate surface area is 101 Å². The lowest BCUT2D eigenvalue weighted by Gasteiger charge is -2.08. The molecule has 0 atom stereocenters. The SMILES string of the molecule is C=C(C)C(=O)OCCNC(=O)ONC(C)=CC. The molecule has 0 aliphatic heterocycles. The maximum absolute atomic E-state index is 11.1. The van der Waals surface area contributed by atoms with Crippen LogP contribution in [0.2, 0.25) is 0 Å². The van der Waals surface area contributed by atoms with Crippen LogP contribution in [0.15, 0.2) is 23.9 Å². The van der Waals surface area contributed by atoms with Gasteiger partial charge in [-0.2, -0.15) is 0 Å². The lowest BCUT2D eigenvalue weighted by molar-refractivity contribution is -0.138. The minimum atomic E-state index is -0.641. The third-order valence-corrected chi connectivity index (χ3v) is 1.69. The number of hydroxylamine groups is 1. The van der Waals surface area contributed by atoms with Gasteiger partial charge in [0, 0.05) is 11.3 Å². The summed E-state index contributed by atoms with van der Waals surface area (Å²) < 4.78 is 4.76. The topological polar surface area (TPSA) is 76.7 Å². The highest BCUT2D eigenvalue weighted by Gasteiger charge is 2.04. The summed E-state index contributed by atoms with van der Waals surface area (Å²) in [5, 5.41) is 2.40. The van der Waals surface area contributed by atoms with Gasteiger partial charge in [0.2, 0.25) is 0 Å². The second-order valence-electron chi connectivity index (χ2n) is 3.31. The largest absolute Gasteiger partial charge is 0.460 e. The Morgan fingerprint density at radius 1 is 1.35 bits per heavy atom. The molecule has 0 saturated heterocycles. The number of rotatable bonds is 6. The average Bonchev–Trinajstić information content (AvgIpc) is 2.30. The molecule has 0 fully saturated rings. The van der Waals surface area contributed by atoms with Gasteiger partial charge in [0.1, 0.15) is 6.61 Å². The molecule has 0 heterocycles. The Morgan fingerprint density at radius 3 is 2.53 bits per heavy atom. The van der Waals surface area contributed by atoms with E-state index < -0.39 is 12.1 Å². The van der Waals surface area contributed by atoms with E-state index in [-0.39, 0.29) is 13.2 Å². The van der Waals surface area contributed by atoms with Crippen molar-refractivity contribution in [2.24, 2.45) is 0 Å². The molecule has 0 aliphatic carbocycles. The predicted octanol–water partition coefficient (Wildman–Crippen LogP) is 1.26. The lowest BCUT2D eigenvalue weighted by Crippen LogP contribution is -2.32. The van der Waals surface area contributed by atoms with Gasteiger partial charge in [-0.1, -0.05) is 12.7 Å². The number of ether oxygens (including phenoxy) is 1. The van der Waals surface area contributed by atoms with Crippen molar-refractivity contribution < 1.29 is 19.2 Å². The van der Waals surface area contributed by atoms with Crippen LogP contribution >= 0.6 is 0 Å². The molecule has 17 heavy (non-hydrogen) atoms. The zero-order valence-electron chi connectivity index (χ0n) is 10.3. The first kappa shape index (κ1) is 15.0. The van der Waals surface area contributed by atoms with Gasteiger partial charge in [0.05, 0.1) is 6.54 Å². The van der Waals surface area contributed by atoms with E-state index in [0.29, 0.717) is 11.3 Å². The Balaban J connectivity index is 3.59. The number of carbonyl (C=O) groups excluding carboxylic acids is 2. The normalized spacial score (nSPS) is 10.4. The molecular weight excluding hydrogens is 224 g/mol. The molecule has 0 aromatic carbocycles. The Kier molecular flexibility index (Phi) is 7.25. The molecule has 6 nitrogen and oxygen atoms in total. The van der Waals surface area contributed by atoms with Crippen LogP contribution in [0, 0.1) is 0 Å². The van der Waals surface area contributed by atoms with Crippen molar-refractivity contribution in [3.63, 3.8) is 0 Å². The molecule has 0 aromatic rings. The average molecular weight is 242 g/mol. The van der Waals surface area contributed by atoms with Crippen molar-refractivity contribution in [1.82, 2.24) is 10.8 Å². The van der Waals surface area contributed by atoms with E-state index in [4.69, 9.17) is 4.74 Å². The van der Waals surface area contributed by atoms with Gasteiger partial charge in [-0.05, 0) is 20.8 Å². The van der Waals surface area contributed by atoms with Crippen LogP contribution in [0.5, 0.6) is 0 Å². The highest BCUT2D eigenvalue weighted by Crippen LogP contribution is 1.90. The number of hydrogen-bond donors (Lipinski definition) is 2. The number of hydrogen-bond acceptors (Lipinski definition) is 5. The highest BCUT2D eigenvalue weighted by atomic mass is 16.7. The molecule has 2 N–H and O–H groups in total. The zero-order valence-corrected chi connectivity index (χ0v) is 10.3. The number of esters is 1. The van der Waals surface area contributed by atoms with E-state index in [9.17, 15) is 9.59 Å². The predicted molar refractivity (Wildman–Crippen MR) is 62.8 cm³/mol. The Bertz CT molecular complexity index is 323. The second-order valence-corrected chi connectivity index (χ2v) is 3.31. The van der Waals surface area contributed by atoms with E-state index in [0.717, 1.165) is 0 Å². The third-order valence-electron chi connectivity index (χ3n) is 1.69. The monoisotopic (exact) mass is 242 g/mol. The van der Waals surface area contributed by atoms with Crippen LogP contribution in [0.3, 0.4) is 0 Å². The van der Waals surface area contributed by atoms with Crippen molar-refractivity contribution >= 4 is 12.1 Å². The van der Waals surface area contributed by atoms with Gasteiger partial charge in [0.25, 0.3) is 0 Å². The van der Waals surface area contributed by atoms with Crippen LogP contribution in [0.4, 0.5) is 4.79 Å². The molecule has 0 aromatic heterocycles. The van der Waals surface area contributed by atoms with Gasteiger partial charge in [-0.25, -0.2) is 15.1 Å². The highest BCUT2D eigenvalue weighted by molar-refractivity contribution is 5.86. The van der Waals surface area contributed by atoms with Crippen molar-refractivity contribution in [1.29, 1.82) is 0 Å². The first-order valence-corrected chi connectivity index (χ1v) is 5.13. The van der Waals surface area contributed by atoms with Crippen LogP contribution in [0.25, 0.3) is 0 Å². The molecule has 0 spiro atoms. The van der Waals surface area contributed by atoms with Crippen LogP contribution < -0.4 is 10.8 Å². The summed E-state index contributed by atoms with van der Waals surface area (Å²) >= 11 is 0. The summed E-state index contributed by atoms with van der Waals surface area (Å²) in [7, 11) is 0. The van der Waals surface area contributed by atoms with Crippen LogP contribution in [-0.4, -0.2) is 25.2 Å². The molecule has 0 saturated carbocycles. The third kappa shape index (κ3) is 7.89. The van der Waals surface area contributed by atoms with Crippen molar-refractivity contribution in [2.45, 2.75) is 20.8 Å². The molecule has 1 amide bonds. The van der Waals surface area contributed by atoms with Crippen LogP contribution in [-0.2, 0) is 14.4 Å². The molecular formula is C11H18N2O4. The van der Waals surface area contributed by atoms with Gasteiger partial charge < -0.3 is 14.9 Å². The van der Waals surface area contributed by atoms with E-state index in [2.05, 4.69) is 22.2 Å². The fourth-order valence-electron chi connectivity index (χ4n) is 0.642. The van der Waals surface area contributed by atoms with Crippen molar-refractivity contribution in [3.05, 3.63) is 23.9 Å². The van der Waals surface area contributed by atoms with E-state index >= 15 is 0 Å². The minimum Gasteiger partial charge on any atom is -0.460 e. The maximum atomic E-state index is 11.1. The molecule has 96 valence electrons. The minimum absolute atomic E-state index is 0.0728. The summed E-state index contributed by atoms with van der Waals surface area (Å²) in [4.78, 5) is 26.6. The summed E-state index contributed by atoms with van der Waals surface area (Å²) in [6.07, 6.45) is 1.11. The summed E-state index contributed by atoms with van der Waals surface area (Å²) in [6.45, 7) is 8.78. The second kappa shape index (κ2) is 8.20. The standard InChI is InChI=1S/C11H18N2O4/c1-5-9(4)13-17-11(15)12-6-7-16-10(14)8(2)3/h5,13H,2,6-7H2,1,3-4H3,(H,12,15). The van der Waals surface area contributed by atoms with Gasteiger partial charge in [-0.15, -0.1) is 0 Å². The smallest absolute Gasteiger partial charge is 0.431 e. The maximum Gasteiger partial charge on any atom is 0.431 e. The number of nitrogens with one attached hydrogen (secondary N) is 2. The number of amides is 1. The molecule has 0 bridgehead atoms. The number of allylic oxidation sites excluding steroid dienone is 2. The Morgan fingerprint density at radius 2 is 2.00 bits per heavy atom. The van der Waals surface area contributed by atoms with Gasteiger partial charge in [0.15, 0.2) is 0 Å². The Hall–Kier alpha value is -1.98. The van der Waals surface area contributed by atoms with Gasteiger partial charge >= 0.3 is 12.1 Å². The van der Waals surface area contributed by atoms with E-state index in [1.54, 1.807) is 26.8 Å². The van der Waals surface area contributed by atoms with Crippen molar-refractivity contribution in [2.75, 3.05) is 13.2 Å². The van der Waals surface area contributed by atoms with E-state index in [1.165, 1.54) is 0 Å². The zero-order chi connectivity index (χ0) is 13.3. The molecule has 0 aliphatic rings. The molecule has 0 unspecified atom stereocenters. The summed E-state index contributed by atoms with van der Waals surface area (Å²) in [6, 6.07) is 0. The van der Waals surface area contributed by atoms with Crippen LogP contribution in [0.1, 0.15) is 20.8 Å². The lowest BCUT2D eigenvalue weighted by atomic mass is 10.4. The summed E-state index contributed by atoms with van der Waals surface area (Å²) in [5.74, 6) is -0.483. The first-order valence-electron chi connectivity index (χ1n) is 5.13. The van der Waals surface area contributed by atoms with Crippen molar-refractivity contribution in [3.8, 4) is 0 Å². The van der Waals surface area contributed by atoms with E-state index in [1.807, 2.05) is 0 Å². The molecule has 0 radical (unpaired) electrons. The fourth-order valence-corrected chi connectivity index (χ4v) is 0.642. The van der Waals surface area contributed by atoms with Gasteiger partial charge in [-0.3, -0.25) is 0 Å². The molecule has 0 rings (SSSR count). The summed E-state index contributed by atoms with van der Waals surface area (Å²) in [5.41, 5.74) is 3.46. The molecule has 6 heteroatoms. The first-order chi connectivity index (χ1) is 7.97.